The van der Waals surface area contributed by atoms with E-state index in [-0.39, 0.29) is 11.9 Å². The van der Waals surface area contributed by atoms with E-state index < -0.39 is 0 Å². The highest BCUT2D eigenvalue weighted by Crippen LogP contribution is 2.38. The van der Waals surface area contributed by atoms with Gasteiger partial charge < -0.3 is 20.3 Å². The minimum absolute atomic E-state index is 0.0314. The second-order valence-electron chi connectivity index (χ2n) is 6.84. The first-order chi connectivity index (χ1) is 13.9. The fraction of sp³-hybridized carbons (Fsp3) is 0.381. The minimum atomic E-state index is -0.297. The van der Waals surface area contributed by atoms with Gasteiger partial charge in [0.15, 0.2) is 5.11 Å². The van der Waals surface area contributed by atoms with Crippen molar-refractivity contribution in [2.45, 2.75) is 39.5 Å². The van der Waals surface area contributed by atoms with Gasteiger partial charge in [0.05, 0.1) is 12.2 Å². The molecule has 0 unspecified atom stereocenters. The summed E-state index contributed by atoms with van der Waals surface area (Å²) < 4.78 is 5.28. The van der Waals surface area contributed by atoms with E-state index in [0.717, 1.165) is 47.6 Å². The van der Waals surface area contributed by atoms with Crippen LogP contribution in [0.1, 0.15) is 47.5 Å². The van der Waals surface area contributed by atoms with Crippen molar-refractivity contribution in [3.05, 3.63) is 40.3 Å². The smallest absolute Gasteiger partial charge is 0.341 e. The molecular formula is C21H25N3O3S2. The topological polar surface area (TPSA) is 70.7 Å². The zero-order valence-electron chi connectivity index (χ0n) is 16.8. The average Bonchev–Trinajstić information content (AvgIpc) is 3.05. The Bertz CT molecular complexity index is 922. The summed E-state index contributed by atoms with van der Waals surface area (Å²) in [5.41, 5.74) is 3.32. The third kappa shape index (κ3) is 4.94. The number of carbonyl (C=O) groups is 2. The van der Waals surface area contributed by atoms with Crippen LogP contribution in [0.4, 0.5) is 16.4 Å². The second-order valence-corrected chi connectivity index (χ2v) is 8.35. The van der Waals surface area contributed by atoms with Crippen LogP contribution in [-0.2, 0) is 22.4 Å². The quantitative estimate of drug-likeness (QED) is 0.533. The molecule has 2 N–H and O–H groups in total. The van der Waals surface area contributed by atoms with Gasteiger partial charge in [-0.1, -0.05) is 0 Å². The first-order valence-electron chi connectivity index (χ1n) is 9.64. The summed E-state index contributed by atoms with van der Waals surface area (Å²) in [6.07, 6.45) is 4.10. The Morgan fingerprint density at radius 3 is 2.52 bits per heavy atom. The normalized spacial score (nSPS) is 12.7. The van der Waals surface area contributed by atoms with E-state index in [1.54, 1.807) is 23.3 Å². The molecule has 0 bridgehead atoms. The van der Waals surface area contributed by atoms with Crippen LogP contribution in [0.3, 0.4) is 0 Å². The van der Waals surface area contributed by atoms with Gasteiger partial charge in [0.1, 0.15) is 5.00 Å². The van der Waals surface area contributed by atoms with Crippen molar-refractivity contribution in [3.63, 3.8) is 0 Å². The van der Waals surface area contributed by atoms with Crippen LogP contribution >= 0.6 is 23.6 Å². The molecule has 1 heterocycles. The van der Waals surface area contributed by atoms with Crippen LogP contribution in [-0.4, -0.2) is 30.6 Å². The van der Waals surface area contributed by atoms with Crippen molar-refractivity contribution in [1.82, 2.24) is 0 Å². The molecule has 1 aliphatic rings. The van der Waals surface area contributed by atoms with E-state index in [1.165, 1.54) is 11.8 Å². The number of thiophene rings is 1. The van der Waals surface area contributed by atoms with Gasteiger partial charge in [-0.15, -0.1) is 11.3 Å². The summed E-state index contributed by atoms with van der Waals surface area (Å²) in [6.45, 7) is 3.67. The van der Waals surface area contributed by atoms with Crippen molar-refractivity contribution in [1.29, 1.82) is 0 Å². The van der Waals surface area contributed by atoms with Crippen LogP contribution in [0.15, 0.2) is 24.3 Å². The molecule has 0 aliphatic heterocycles. The number of amides is 1. The van der Waals surface area contributed by atoms with Crippen LogP contribution < -0.4 is 15.5 Å². The standard InChI is InChI=1S/C21H25N3O3S2/c1-4-27-20(26)18-16-7-5-6-8-17(16)29-19(18)23-21(28)22-14-9-11-15(12-10-14)24(3)13(2)25/h9-12H,4-8H2,1-3H3,(H2,22,23,28). The molecule has 1 aromatic carbocycles. The summed E-state index contributed by atoms with van der Waals surface area (Å²) >= 11 is 7.04. The van der Waals surface area contributed by atoms with Crippen LogP contribution in [0.2, 0.25) is 0 Å². The van der Waals surface area contributed by atoms with Gasteiger partial charge in [0.25, 0.3) is 0 Å². The molecule has 6 nitrogen and oxygen atoms in total. The van der Waals surface area contributed by atoms with E-state index in [2.05, 4.69) is 10.6 Å². The van der Waals surface area contributed by atoms with Crippen molar-refractivity contribution in [3.8, 4) is 0 Å². The Morgan fingerprint density at radius 2 is 1.86 bits per heavy atom. The number of benzene rings is 1. The Labute approximate surface area is 180 Å². The Balaban J connectivity index is 1.74. The first-order valence-corrected chi connectivity index (χ1v) is 10.9. The maximum Gasteiger partial charge on any atom is 0.341 e. The number of aryl methyl sites for hydroxylation is 1. The predicted molar refractivity (Wildman–Crippen MR) is 122 cm³/mol. The number of hydrogen-bond acceptors (Lipinski definition) is 5. The molecule has 0 saturated carbocycles. The number of hydrogen-bond donors (Lipinski definition) is 2. The molecule has 29 heavy (non-hydrogen) atoms. The lowest BCUT2D eigenvalue weighted by molar-refractivity contribution is -0.116. The lowest BCUT2D eigenvalue weighted by atomic mass is 9.95. The average molecular weight is 432 g/mol. The number of nitrogens with one attached hydrogen (secondary N) is 2. The molecule has 8 heteroatoms. The number of carbonyl (C=O) groups excluding carboxylic acids is 2. The number of fused-ring (bicyclic) bond motifs is 1. The van der Waals surface area contributed by atoms with E-state index >= 15 is 0 Å². The van der Waals surface area contributed by atoms with E-state index in [1.807, 2.05) is 31.2 Å². The Hall–Kier alpha value is -2.45. The highest BCUT2D eigenvalue weighted by Gasteiger charge is 2.26. The molecule has 1 aliphatic carbocycles. The lowest BCUT2D eigenvalue weighted by Gasteiger charge is -2.16. The molecule has 3 rings (SSSR count). The maximum absolute atomic E-state index is 12.5. The number of rotatable bonds is 5. The molecule has 0 saturated heterocycles. The summed E-state index contributed by atoms with van der Waals surface area (Å²) in [5, 5.41) is 7.46. The van der Waals surface area contributed by atoms with Gasteiger partial charge in [-0.25, -0.2) is 4.79 Å². The first kappa shape index (κ1) is 21.3. The van der Waals surface area contributed by atoms with Crippen LogP contribution in [0, 0.1) is 0 Å². The van der Waals surface area contributed by atoms with Gasteiger partial charge in [-0.3, -0.25) is 4.79 Å². The van der Waals surface area contributed by atoms with Gasteiger partial charge in [-0.2, -0.15) is 0 Å². The highest BCUT2D eigenvalue weighted by atomic mass is 32.1. The fourth-order valence-corrected chi connectivity index (χ4v) is 4.86. The number of thiocarbonyl (C=S) groups is 1. The third-order valence-corrected chi connectivity index (χ3v) is 6.27. The summed E-state index contributed by atoms with van der Waals surface area (Å²) in [7, 11) is 1.73. The van der Waals surface area contributed by atoms with E-state index in [4.69, 9.17) is 17.0 Å². The summed E-state index contributed by atoms with van der Waals surface area (Å²) in [6, 6.07) is 7.41. The predicted octanol–water partition coefficient (Wildman–Crippen LogP) is 4.60. The van der Waals surface area contributed by atoms with Gasteiger partial charge >= 0.3 is 5.97 Å². The number of esters is 1. The van der Waals surface area contributed by atoms with Crippen molar-refractivity contribution in [2.75, 3.05) is 29.2 Å². The molecule has 0 radical (unpaired) electrons. The lowest BCUT2D eigenvalue weighted by Crippen LogP contribution is -2.23. The van der Waals surface area contributed by atoms with Crippen molar-refractivity contribution in [2.24, 2.45) is 0 Å². The van der Waals surface area contributed by atoms with Crippen LogP contribution in [0.5, 0.6) is 0 Å². The van der Waals surface area contributed by atoms with Gasteiger partial charge in [-0.05, 0) is 74.7 Å². The van der Waals surface area contributed by atoms with Gasteiger partial charge in [0.2, 0.25) is 5.91 Å². The maximum atomic E-state index is 12.5. The van der Waals surface area contributed by atoms with Crippen molar-refractivity contribution < 1.29 is 14.3 Å². The summed E-state index contributed by atoms with van der Waals surface area (Å²) in [5.74, 6) is -0.329. The molecule has 154 valence electrons. The zero-order valence-corrected chi connectivity index (χ0v) is 18.5. The molecule has 2 aromatic rings. The molecule has 1 aromatic heterocycles. The zero-order chi connectivity index (χ0) is 21.0. The SMILES string of the molecule is CCOC(=O)c1c(NC(=S)Nc2ccc(N(C)C(C)=O)cc2)sc2c1CCCC2. The fourth-order valence-electron chi connectivity index (χ4n) is 3.29. The molecular weight excluding hydrogens is 406 g/mol. The highest BCUT2D eigenvalue weighted by molar-refractivity contribution is 7.80. The molecule has 0 spiro atoms. The monoisotopic (exact) mass is 431 g/mol. The third-order valence-electron chi connectivity index (χ3n) is 4.86. The second kappa shape index (κ2) is 9.37. The Morgan fingerprint density at radius 1 is 1.17 bits per heavy atom. The Kier molecular flexibility index (Phi) is 6.87. The van der Waals surface area contributed by atoms with E-state index in [9.17, 15) is 9.59 Å². The molecule has 0 fully saturated rings. The van der Waals surface area contributed by atoms with Crippen LogP contribution in [0.25, 0.3) is 0 Å². The molecule has 0 atom stereocenters. The van der Waals surface area contributed by atoms with E-state index in [0.29, 0.717) is 17.3 Å². The largest absolute Gasteiger partial charge is 0.462 e. The number of nitrogens with zero attached hydrogens (tertiary/aromatic N) is 1. The number of ether oxygens (including phenoxy) is 1. The number of anilines is 3. The van der Waals surface area contributed by atoms with Crippen molar-refractivity contribution >= 4 is 56.9 Å². The minimum Gasteiger partial charge on any atom is -0.462 e. The molecule has 1 amide bonds. The summed E-state index contributed by atoms with van der Waals surface area (Å²) in [4.78, 5) is 26.8. The van der Waals surface area contributed by atoms with Gasteiger partial charge in [0, 0.05) is 30.2 Å².